The molecule has 0 aromatic heterocycles. The summed E-state index contributed by atoms with van der Waals surface area (Å²) in [6.07, 6.45) is 6.35. The molecule has 1 aliphatic carbocycles. The Hall–Kier alpha value is -0.300. The number of hydrogen-bond acceptors (Lipinski definition) is 1. The van der Waals surface area contributed by atoms with Gasteiger partial charge < -0.3 is 5.73 Å². The number of nitrogens with two attached hydrogens (primary N) is 1. The molecule has 0 radical (unpaired) electrons. The first-order valence-electron chi connectivity index (χ1n) is 5.88. The van der Waals surface area contributed by atoms with Gasteiger partial charge in [0.15, 0.2) is 0 Å². The maximum Gasteiger partial charge on any atom is 0.00135 e. The highest BCUT2D eigenvalue weighted by atomic mass is 14.6. The highest BCUT2D eigenvalue weighted by Gasteiger charge is 2.27. The third kappa shape index (κ3) is 2.84. The SMILES string of the molecule is CC1=C(CCC(C)N)C(C)(C)CCC1. The van der Waals surface area contributed by atoms with Gasteiger partial charge in [0, 0.05) is 6.04 Å². The summed E-state index contributed by atoms with van der Waals surface area (Å²) in [7, 11) is 0. The highest BCUT2D eigenvalue weighted by molar-refractivity contribution is 5.22. The van der Waals surface area contributed by atoms with Gasteiger partial charge in [-0.05, 0) is 51.4 Å². The van der Waals surface area contributed by atoms with Crippen LogP contribution in [0.1, 0.15) is 59.8 Å². The van der Waals surface area contributed by atoms with Crippen molar-refractivity contribution in [2.75, 3.05) is 0 Å². The quantitative estimate of drug-likeness (QED) is 0.684. The molecule has 0 saturated heterocycles. The monoisotopic (exact) mass is 195 g/mol. The summed E-state index contributed by atoms with van der Waals surface area (Å²) in [4.78, 5) is 0. The molecule has 1 nitrogen and oxygen atoms in total. The summed E-state index contributed by atoms with van der Waals surface area (Å²) in [5, 5.41) is 0. The number of rotatable bonds is 3. The second-order valence-electron chi connectivity index (χ2n) is 5.51. The van der Waals surface area contributed by atoms with Crippen molar-refractivity contribution >= 4 is 0 Å². The van der Waals surface area contributed by atoms with E-state index in [1.807, 2.05) is 0 Å². The molecule has 82 valence electrons. The van der Waals surface area contributed by atoms with Crippen molar-refractivity contribution in [2.45, 2.75) is 65.8 Å². The Bertz CT molecular complexity index is 223. The van der Waals surface area contributed by atoms with Crippen LogP contribution < -0.4 is 5.73 Å². The second kappa shape index (κ2) is 4.48. The van der Waals surface area contributed by atoms with Crippen LogP contribution in [0.15, 0.2) is 11.1 Å². The Morgan fingerprint density at radius 3 is 2.57 bits per heavy atom. The van der Waals surface area contributed by atoms with E-state index in [0.29, 0.717) is 11.5 Å². The summed E-state index contributed by atoms with van der Waals surface area (Å²) in [5.74, 6) is 0. The van der Waals surface area contributed by atoms with E-state index in [-0.39, 0.29) is 0 Å². The molecule has 1 aliphatic rings. The second-order valence-corrected chi connectivity index (χ2v) is 5.51. The maximum atomic E-state index is 5.82. The van der Waals surface area contributed by atoms with Gasteiger partial charge in [-0.2, -0.15) is 0 Å². The lowest BCUT2D eigenvalue weighted by Gasteiger charge is -2.35. The first-order valence-corrected chi connectivity index (χ1v) is 5.88. The topological polar surface area (TPSA) is 26.0 Å². The minimum Gasteiger partial charge on any atom is -0.328 e. The van der Waals surface area contributed by atoms with Crippen LogP contribution in [0, 0.1) is 5.41 Å². The minimum absolute atomic E-state index is 0.341. The van der Waals surface area contributed by atoms with Crippen LogP contribution in [0.2, 0.25) is 0 Å². The van der Waals surface area contributed by atoms with Crippen molar-refractivity contribution in [1.29, 1.82) is 0 Å². The molecule has 1 heteroatoms. The zero-order chi connectivity index (χ0) is 10.8. The first kappa shape index (κ1) is 11.8. The fourth-order valence-electron chi connectivity index (χ4n) is 2.60. The van der Waals surface area contributed by atoms with Gasteiger partial charge in [0.05, 0.1) is 0 Å². The molecule has 0 aromatic carbocycles. The van der Waals surface area contributed by atoms with Crippen LogP contribution in [0.5, 0.6) is 0 Å². The molecule has 0 bridgehead atoms. The van der Waals surface area contributed by atoms with Crippen molar-refractivity contribution in [2.24, 2.45) is 11.1 Å². The van der Waals surface area contributed by atoms with Crippen LogP contribution in [0.25, 0.3) is 0 Å². The van der Waals surface area contributed by atoms with Crippen molar-refractivity contribution < 1.29 is 0 Å². The van der Waals surface area contributed by atoms with E-state index >= 15 is 0 Å². The van der Waals surface area contributed by atoms with Crippen molar-refractivity contribution in [1.82, 2.24) is 0 Å². The molecular formula is C13H25N. The van der Waals surface area contributed by atoms with E-state index in [1.54, 1.807) is 11.1 Å². The fraction of sp³-hybridized carbons (Fsp3) is 0.846. The molecular weight excluding hydrogens is 170 g/mol. The molecule has 0 spiro atoms. The molecule has 0 aromatic rings. The van der Waals surface area contributed by atoms with Gasteiger partial charge in [-0.1, -0.05) is 25.0 Å². The molecule has 2 N–H and O–H groups in total. The Morgan fingerprint density at radius 2 is 2.07 bits per heavy atom. The van der Waals surface area contributed by atoms with E-state index in [1.165, 1.54) is 25.7 Å². The van der Waals surface area contributed by atoms with Crippen molar-refractivity contribution in [3.8, 4) is 0 Å². The fourth-order valence-corrected chi connectivity index (χ4v) is 2.60. The van der Waals surface area contributed by atoms with E-state index in [9.17, 15) is 0 Å². The van der Waals surface area contributed by atoms with Gasteiger partial charge >= 0.3 is 0 Å². The summed E-state index contributed by atoms with van der Waals surface area (Å²) in [6.45, 7) is 9.17. The molecule has 0 heterocycles. The number of hydrogen-bond donors (Lipinski definition) is 1. The van der Waals surface area contributed by atoms with Crippen LogP contribution in [-0.4, -0.2) is 6.04 Å². The summed E-state index contributed by atoms with van der Waals surface area (Å²) >= 11 is 0. The van der Waals surface area contributed by atoms with Crippen molar-refractivity contribution in [3.05, 3.63) is 11.1 Å². The summed E-state index contributed by atoms with van der Waals surface area (Å²) in [6, 6.07) is 0.341. The Morgan fingerprint density at radius 1 is 1.43 bits per heavy atom. The van der Waals surface area contributed by atoms with Gasteiger partial charge in [0.1, 0.15) is 0 Å². The maximum absolute atomic E-state index is 5.82. The molecule has 14 heavy (non-hydrogen) atoms. The summed E-state index contributed by atoms with van der Waals surface area (Å²) in [5.41, 5.74) is 9.56. The van der Waals surface area contributed by atoms with Crippen molar-refractivity contribution in [3.63, 3.8) is 0 Å². The van der Waals surface area contributed by atoms with Gasteiger partial charge in [0.2, 0.25) is 0 Å². The Labute approximate surface area is 88.8 Å². The van der Waals surface area contributed by atoms with Gasteiger partial charge in [-0.25, -0.2) is 0 Å². The molecule has 0 amide bonds. The normalized spacial score (nSPS) is 23.8. The van der Waals surface area contributed by atoms with Gasteiger partial charge in [-0.15, -0.1) is 0 Å². The third-order valence-electron chi connectivity index (χ3n) is 3.54. The molecule has 1 rings (SSSR count). The lowest BCUT2D eigenvalue weighted by atomic mass is 9.71. The molecule has 0 fully saturated rings. The predicted molar refractivity (Wildman–Crippen MR) is 63.2 cm³/mol. The summed E-state index contributed by atoms with van der Waals surface area (Å²) < 4.78 is 0. The van der Waals surface area contributed by atoms with Crippen LogP contribution in [0.4, 0.5) is 0 Å². The zero-order valence-electron chi connectivity index (χ0n) is 10.2. The standard InChI is InChI=1S/C13H25N/c1-10-6-5-9-13(3,4)12(10)8-7-11(2)14/h11H,5-9,14H2,1-4H3. The molecule has 0 saturated carbocycles. The predicted octanol–water partition coefficient (Wildman–Crippen LogP) is 3.64. The van der Waals surface area contributed by atoms with Crippen LogP contribution >= 0.6 is 0 Å². The first-order chi connectivity index (χ1) is 6.43. The van der Waals surface area contributed by atoms with E-state index in [4.69, 9.17) is 5.73 Å². The molecule has 1 unspecified atom stereocenters. The minimum atomic E-state index is 0.341. The smallest absolute Gasteiger partial charge is 0.00135 e. The van der Waals surface area contributed by atoms with Gasteiger partial charge in [-0.3, -0.25) is 0 Å². The lowest BCUT2D eigenvalue weighted by molar-refractivity contribution is 0.349. The van der Waals surface area contributed by atoms with E-state index in [0.717, 1.165) is 6.42 Å². The number of allylic oxidation sites excluding steroid dienone is 2. The largest absolute Gasteiger partial charge is 0.328 e. The third-order valence-corrected chi connectivity index (χ3v) is 3.54. The zero-order valence-corrected chi connectivity index (χ0v) is 10.2. The highest BCUT2D eigenvalue weighted by Crippen LogP contribution is 2.42. The van der Waals surface area contributed by atoms with E-state index < -0.39 is 0 Å². The molecule has 1 atom stereocenters. The Balaban J connectivity index is 2.70. The molecule has 0 aliphatic heterocycles. The average molecular weight is 195 g/mol. The van der Waals surface area contributed by atoms with Crippen LogP contribution in [-0.2, 0) is 0 Å². The Kier molecular flexibility index (Phi) is 3.77. The van der Waals surface area contributed by atoms with Crippen LogP contribution in [0.3, 0.4) is 0 Å². The van der Waals surface area contributed by atoms with Gasteiger partial charge in [0.25, 0.3) is 0 Å². The van der Waals surface area contributed by atoms with E-state index in [2.05, 4.69) is 27.7 Å². The lowest BCUT2D eigenvalue weighted by Crippen LogP contribution is -2.23. The average Bonchev–Trinajstić information content (AvgIpc) is 2.01.